The zero-order chi connectivity index (χ0) is 13.6. The molecule has 5 heteroatoms. The lowest BCUT2D eigenvalue weighted by atomic mass is 9.80. The second kappa shape index (κ2) is 4.80. The third kappa shape index (κ3) is 2.15. The van der Waals surface area contributed by atoms with E-state index in [1.54, 1.807) is 12.1 Å². The predicted octanol–water partition coefficient (Wildman–Crippen LogP) is 2.28. The van der Waals surface area contributed by atoms with Crippen LogP contribution in [0.2, 0.25) is 0 Å². The molecule has 1 aromatic rings. The molecular formula is C14H16BrNO3. The maximum Gasteiger partial charge on any atom is 0.335 e. The van der Waals surface area contributed by atoms with Crippen molar-refractivity contribution in [3.05, 3.63) is 27.7 Å². The smallest absolute Gasteiger partial charge is 0.335 e. The molecule has 2 aliphatic rings. The molecule has 0 aromatic heterocycles. The first-order chi connectivity index (χ1) is 9.10. The van der Waals surface area contributed by atoms with Crippen molar-refractivity contribution in [2.45, 2.75) is 25.3 Å². The van der Waals surface area contributed by atoms with E-state index in [0.717, 1.165) is 41.5 Å². The number of aliphatic hydroxyl groups excluding tert-OH is 1. The third-order valence-electron chi connectivity index (χ3n) is 4.21. The third-order valence-corrected chi connectivity index (χ3v) is 4.81. The lowest BCUT2D eigenvalue weighted by molar-refractivity contribution is 0.0696. The first-order valence-corrected chi connectivity index (χ1v) is 7.32. The highest BCUT2D eigenvalue weighted by molar-refractivity contribution is 9.10. The van der Waals surface area contributed by atoms with Crippen LogP contribution in [0.4, 0.5) is 5.69 Å². The molecule has 2 N–H and O–H groups in total. The van der Waals surface area contributed by atoms with Crippen molar-refractivity contribution in [1.29, 1.82) is 0 Å². The van der Waals surface area contributed by atoms with Crippen LogP contribution >= 0.6 is 15.9 Å². The highest BCUT2D eigenvalue weighted by Crippen LogP contribution is 2.43. The normalized spacial score (nSPS) is 25.1. The number of nitrogens with zero attached hydrogens (tertiary/aromatic N) is 1. The van der Waals surface area contributed by atoms with Crippen molar-refractivity contribution in [2.24, 2.45) is 5.92 Å². The zero-order valence-electron chi connectivity index (χ0n) is 10.5. The number of benzene rings is 1. The second-order valence-electron chi connectivity index (χ2n) is 5.39. The summed E-state index contributed by atoms with van der Waals surface area (Å²) in [7, 11) is 0. The summed E-state index contributed by atoms with van der Waals surface area (Å²) >= 11 is 3.51. The molecule has 1 saturated carbocycles. The lowest BCUT2D eigenvalue weighted by Crippen LogP contribution is -2.45. The number of anilines is 1. The molecule has 1 fully saturated rings. The molecule has 1 aromatic carbocycles. The van der Waals surface area contributed by atoms with Crippen LogP contribution in [-0.2, 0) is 6.42 Å². The van der Waals surface area contributed by atoms with Crippen molar-refractivity contribution in [2.75, 3.05) is 18.1 Å². The van der Waals surface area contributed by atoms with E-state index >= 15 is 0 Å². The Morgan fingerprint density at radius 1 is 1.42 bits per heavy atom. The van der Waals surface area contributed by atoms with E-state index in [1.165, 1.54) is 0 Å². The Bertz CT molecular complexity index is 526. The summed E-state index contributed by atoms with van der Waals surface area (Å²) in [5.74, 6) is -0.447. The molecule has 1 heterocycles. The predicted molar refractivity (Wildman–Crippen MR) is 75.7 cm³/mol. The Labute approximate surface area is 120 Å². The van der Waals surface area contributed by atoms with Gasteiger partial charge >= 0.3 is 5.97 Å². The van der Waals surface area contributed by atoms with E-state index < -0.39 is 5.97 Å². The van der Waals surface area contributed by atoms with Gasteiger partial charge in [0.25, 0.3) is 0 Å². The summed E-state index contributed by atoms with van der Waals surface area (Å²) < 4.78 is 0.868. The van der Waals surface area contributed by atoms with Crippen LogP contribution < -0.4 is 4.90 Å². The first kappa shape index (κ1) is 12.9. The largest absolute Gasteiger partial charge is 0.478 e. The van der Waals surface area contributed by atoms with Gasteiger partial charge in [-0.3, -0.25) is 0 Å². The van der Waals surface area contributed by atoms with Crippen LogP contribution in [0.15, 0.2) is 16.6 Å². The van der Waals surface area contributed by atoms with Gasteiger partial charge in [0, 0.05) is 23.7 Å². The fraction of sp³-hybridized carbons (Fsp3) is 0.500. The van der Waals surface area contributed by atoms with Crippen LogP contribution in [0.3, 0.4) is 0 Å². The summed E-state index contributed by atoms with van der Waals surface area (Å²) in [5.41, 5.74) is 2.60. The van der Waals surface area contributed by atoms with Gasteiger partial charge in [0.05, 0.1) is 11.3 Å². The molecule has 1 aliphatic heterocycles. The molecule has 3 rings (SSSR count). The summed E-state index contributed by atoms with van der Waals surface area (Å²) in [6, 6.07) is 3.96. The number of aliphatic hydroxyl groups is 1. The lowest BCUT2D eigenvalue weighted by Gasteiger charge is -2.42. The minimum atomic E-state index is -0.883. The molecule has 0 radical (unpaired) electrons. The summed E-state index contributed by atoms with van der Waals surface area (Å²) in [5, 5.41) is 18.2. The Kier molecular flexibility index (Phi) is 3.27. The average molecular weight is 326 g/mol. The first-order valence-electron chi connectivity index (χ1n) is 6.53. The number of carbonyl (C=O) groups is 1. The van der Waals surface area contributed by atoms with Gasteiger partial charge in [-0.1, -0.05) is 0 Å². The van der Waals surface area contributed by atoms with Crippen molar-refractivity contribution in [3.63, 3.8) is 0 Å². The van der Waals surface area contributed by atoms with Crippen LogP contribution in [0.5, 0.6) is 0 Å². The van der Waals surface area contributed by atoms with Gasteiger partial charge in [-0.05, 0) is 58.8 Å². The number of fused-ring (bicyclic) bond motifs is 1. The maximum absolute atomic E-state index is 11.1. The fourth-order valence-electron chi connectivity index (χ4n) is 3.11. The molecule has 0 unspecified atom stereocenters. The number of aromatic carboxylic acids is 1. The van der Waals surface area contributed by atoms with E-state index in [4.69, 9.17) is 10.2 Å². The average Bonchev–Trinajstić information content (AvgIpc) is 2.72. The molecular weight excluding hydrogens is 310 g/mol. The van der Waals surface area contributed by atoms with Crippen molar-refractivity contribution in [3.8, 4) is 0 Å². The summed E-state index contributed by atoms with van der Waals surface area (Å²) in [6.45, 7) is 1.22. The van der Waals surface area contributed by atoms with Gasteiger partial charge < -0.3 is 15.1 Å². The fourth-order valence-corrected chi connectivity index (χ4v) is 3.84. The summed E-state index contributed by atoms with van der Waals surface area (Å²) in [6.07, 6.45) is 2.96. The number of carboxylic acids is 1. The standard InChI is InChI=1S/C14H16BrNO3/c15-12-6-10(14(18)19)5-9-1-2-16(13(9)12)11-3-8(4-11)7-17/h5-6,8,11,17H,1-4,7H2,(H,18,19). The second-order valence-corrected chi connectivity index (χ2v) is 6.24. The van der Waals surface area contributed by atoms with Gasteiger partial charge in [0.2, 0.25) is 0 Å². The minimum Gasteiger partial charge on any atom is -0.478 e. The number of rotatable bonds is 3. The number of halogens is 1. The van der Waals surface area contributed by atoms with Crippen LogP contribution in [0.1, 0.15) is 28.8 Å². The van der Waals surface area contributed by atoms with Crippen LogP contribution in [0, 0.1) is 5.92 Å². The topological polar surface area (TPSA) is 60.8 Å². The monoisotopic (exact) mass is 325 g/mol. The van der Waals surface area contributed by atoms with Gasteiger partial charge in [-0.15, -0.1) is 0 Å². The minimum absolute atomic E-state index is 0.274. The maximum atomic E-state index is 11.1. The number of carboxylic acid groups (broad SMARTS) is 1. The Balaban J connectivity index is 1.87. The summed E-state index contributed by atoms with van der Waals surface area (Å²) in [4.78, 5) is 13.4. The van der Waals surface area contributed by atoms with Crippen molar-refractivity contribution >= 4 is 27.6 Å². The highest BCUT2D eigenvalue weighted by atomic mass is 79.9. The molecule has 19 heavy (non-hydrogen) atoms. The van der Waals surface area contributed by atoms with Gasteiger partial charge in [0.1, 0.15) is 0 Å². The van der Waals surface area contributed by atoms with Crippen molar-refractivity contribution in [1.82, 2.24) is 0 Å². The van der Waals surface area contributed by atoms with Gasteiger partial charge in [0.15, 0.2) is 0 Å². The molecule has 0 atom stereocenters. The van der Waals surface area contributed by atoms with Gasteiger partial charge in [-0.25, -0.2) is 4.79 Å². The van der Waals surface area contributed by atoms with Crippen LogP contribution in [-0.4, -0.2) is 35.4 Å². The molecule has 1 aliphatic carbocycles. The SMILES string of the molecule is O=C(O)c1cc(Br)c2c(c1)CCN2C1CC(CO)C1. The van der Waals surface area contributed by atoms with Crippen LogP contribution in [0.25, 0.3) is 0 Å². The molecule has 0 saturated heterocycles. The highest BCUT2D eigenvalue weighted by Gasteiger charge is 2.37. The van der Waals surface area contributed by atoms with E-state index in [-0.39, 0.29) is 6.61 Å². The number of hydrogen-bond donors (Lipinski definition) is 2. The Hall–Kier alpha value is -1.07. The van der Waals surface area contributed by atoms with E-state index in [0.29, 0.717) is 17.5 Å². The van der Waals surface area contributed by atoms with Gasteiger partial charge in [-0.2, -0.15) is 0 Å². The van der Waals surface area contributed by atoms with Crippen molar-refractivity contribution < 1.29 is 15.0 Å². The Morgan fingerprint density at radius 2 is 2.16 bits per heavy atom. The Morgan fingerprint density at radius 3 is 2.79 bits per heavy atom. The molecule has 0 spiro atoms. The molecule has 0 bridgehead atoms. The van der Waals surface area contributed by atoms with E-state index in [9.17, 15) is 4.79 Å². The molecule has 4 nitrogen and oxygen atoms in total. The quantitative estimate of drug-likeness (QED) is 0.895. The molecule has 0 amide bonds. The molecule has 102 valence electrons. The zero-order valence-corrected chi connectivity index (χ0v) is 12.1. The van der Waals surface area contributed by atoms with E-state index in [2.05, 4.69) is 20.8 Å². The number of hydrogen-bond acceptors (Lipinski definition) is 3. The van der Waals surface area contributed by atoms with E-state index in [1.807, 2.05) is 0 Å².